The highest BCUT2D eigenvalue weighted by Crippen LogP contribution is 2.28. The first-order valence-corrected chi connectivity index (χ1v) is 8.28. The van der Waals surface area contributed by atoms with Gasteiger partial charge in [-0.3, -0.25) is 0 Å². The fourth-order valence-corrected chi connectivity index (χ4v) is 3.61. The van der Waals surface area contributed by atoms with E-state index >= 15 is 0 Å². The van der Waals surface area contributed by atoms with E-state index in [0.29, 0.717) is 5.65 Å². The van der Waals surface area contributed by atoms with Crippen molar-refractivity contribution in [3.63, 3.8) is 0 Å². The molecule has 5 nitrogen and oxygen atoms in total. The van der Waals surface area contributed by atoms with Crippen molar-refractivity contribution in [2.24, 2.45) is 0 Å². The van der Waals surface area contributed by atoms with E-state index in [-0.39, 0.29) is 5.69 Å². The monoisotopic (exact) mass is 324 g/mol. The maximum atomic E-state index is 12.2. The van der Waals surface area contributed by atoms with Crippen LogP contribution in [0, 0.1) is 0 Å². The molecule has 0 spiro atoms. The molecule has 6 heteroatoms. The molecule has 1 N–H and O–H groups in total. The van der Waals surface area contributed by atoms with Crippen LogP contribution in [-0.2, 0) is 6.54 Å². The third-order valence-electron chi connectivity index (χ3n) is 3.93. The molecule has 0 aliphatic heterocycles. The number of hydrogen-bond acceptors (Lipinski definition) is 4. The molecule has 0 aliphatic carbocycles. The van der Waals surface area contributed by atoms with Gasteiger partial charge in [-0.1, -0.05) is 12.1 Å². The fraction of sp³-hybridized carbons (Fsp3) is 0.176. The molecule has 0 amide bonds. The average Bonchev–Trinajstić information content (AvgIpc) is 3.16. The minimum absolute atomic E-state index is 0.205. The molecule has 3 heterocycles. The number of fused-ring (bicyclic) bond motifs is 3. The quantitative estimate of drug-likeness (QED) is 0.630. The van der Waals surface area contributed by atoms with Crippen molar-refractivity contribution < 1.29 is 0 Å². The van der Waals surface area contributed by atoms with E-state index in [1.807, 2.05) is 20.2 Å². The lowest BCUT2D eigenvalue weighted by atomic mass is 10.0. The summed E-state index contributed by atoms with van der Waals surface area (Å²) in [6.07, 6.45) is 0. The largest absolute Gasteiger partial charge is 0.348 e. The van der Waals surface area contributed by atoms with E-state index in [2.05, 4.69) is 50.1 Å². The number of aromatic nitrogens is 3. The van der Waals surface area contributed by atoms with Crippen LogP contribution >= 0.6 is 11.3 Å². The van der Waals surface area contributed by atoms with Crippen molar-refractivity contribution >= 4 is 27.9 Å². The maximum Gasteiger partial charge on any atom is 0.348 e. The van der Waals surface area contributed by atoms with E-state index in [1.165, 1.54) is 5.56 Å². The summed E-state index contributed by atoms with van der Waals surface area (Å²) >= 11 is 1.67. The molecule has 0 atom stereocenters. The van der Waals surface area contributed by atoms with Crippen LogP contribution < -0.4 is 5.69 Å². The summed E-state index contributed by atoms with van der Waals surface area (Å²) in [6, 6.07) is 10.3. The number of hydrogen-bond donors (Lipinski definition) is 1. The second-order valence-electron chi connectivity index (χ2n) is 5.87. The minimum Gasteiger partial charge on any atom is -0.305 e. The summed E-state index contributed by atoms with van der Waals surface area (Å²) in [5.74, 6) is 0. The molecule has 0 radical (unpaired) electrons. The Hall–Kier alpha value is -2.44. The first-order chi connectivity index (χ1) is 11.1. The van der Waals surface area contributed by atoms with Gasteiger partial charge >= 0.3 is 5.69 Å². The summed E-state index contributed by atoms with van der Waals surface area (Å²) < 4.78 is 1.64. The van der Waals surface area contributed by atoms with E-state index in [0.717, 1.165) is 28.6 Å². The molecule has 3 aromatic heterocycles. The Labute approximate surface area is 136 Å². The molecule has 0 aliphatic rings. The van der Waals surface area contributed by atoms with Crippen LogP contribution in [0.25, 0.3) is 27.7 Å². The van der Waals surface area contributed by atoms with Crippen molar-refractivity contribution in [1.82, 2.24) is 19.5 Å². The Balaban J connectivity index is 2.07. The Kier molecular flexibility index (Phi) is 3.28. The predicted molar refractivity (Wildman–Crippen MR) is 94.0 cm³/mol. The van der Waals surface area contributed by atoms with E-state index in [9.17, 15) is 4.79 Å². The summed E-state index contributed by atoms with van der Waals surface area (Å²) in [6.45, 7) is 0.797. The molecule has 4 aromatic rings. The molecule has 0 unspecified atom stereocenters. The summed E-state index contributed by atoms with van der Waals surface area (Å²) in [7, 11) is 4.07. The molecule has 4 rings (SSSR count). The van der Waals surface area contributed by atoms with Crippen LogP contribution in [0.1, 0.15) is 5.56 Å². The van der Waals surface area contributed by atoms with Crippen LogP contribution in [0.4, 0.5) is 0 Å². The molecule has 0 saturated carbocycles. The highest BCUT2D eigenvalue weighted by atomic mass is 32.1. The zero-order valence-corrected chi connectivity index (χ0v) is 13.7. The van der Waals surface area contributed by atoms with Gasteiger partial charge in [-0.05, 0) is 59.7 Å². The molecule has 1 aromatic carbocycles. The summed E-state index contributed by atoms with van der Waals surface area (Å²) in [5.41, 5.74) is 4.77. The highest BCUT2D eigenvalue weighted by molar-refractivity contribution is 7.08. The van der Waals surface area contributed by atoms with Crippen molar-refractivity contribution in [1.29, 1.82) is 0 Å². The number of benzene rings is 1. The van der Waals surface area contributed by atoms with Gasteiger partial charge in [-0.2, -0.15) is 16.4 Å². The molecular weight excluding hydrogens is 308 g/mol. The van der Waals surface area contributed by atoms with Gasteiger partial charge in [0.15, 0.2) is 5.65 Å². The zero-order chi connectivity index (χ0) is 16.0. The van der Waals surface area contributed by atoms with Gasteiger partial charge in [-0.25, -0.2) is 14.3 Å². The number of nitrogens with one attached hydrogen (secondary N) is 1. The van der Waals surface area contributed by atoms with Gasteiger partial charge in [-0.15, -0.1) is 0 Å². The summed E-state index contributed by atoms with van der Waals surface area (Å²) in [5, 5.41) is 11.9. The normalized spacial score (nSPS) is 11.8. The van der Waals surface area contributed by atoms with Crippen LogP contribution in [0.3, 0.4) is 0 Å². The smallest absolute Gasteiger partial charge is 0.305 e. The molecule has 0 bridgehead atoms. The fourth-order valence-electron chi connectivity index (χ4n) is 2.94. The van der Waals surface area contributed by atoms with E-state index in [4.69, 9.17) is 0 Å². The Morgan fingerprint density at radius 3 is 2.83 bits per heavy atom. The van der Waals surface area contributed by atoms with Gasteiger partial charge < -0.3 is 4.90 Å². The number of H-pyrrole nitrogens is 1. The third kappa shape index (κ3) is 2.36. The Morgan fingerprint density at radius 1 is 1.22 bits per heavy atom. The molecule has 116 valence electrons. The second-order valence-corrected chi connectivity index (χ2v) is 6.65. The van der Waals surface area contributed by atoms with Crippen LogP contribution in [0.15, 0.2) is 45.9 Å². The number of thiophene rings is 1. The maximum absolute atomic E-state index is 12.2. The summed E-state index contributed by atoms with van der Waals surface area (Å²) in [4.78, 5) is 14.3. The molecule has 23 heavy (non-hydrogen) atoms. The first kappa shape index (κ1) is 14.2. The number of aromatic amines is 1. The van der Waals surface area contributed by atoms with Crippen molar-refractivity contribution in [3.05, 3.63) is 57.1 Å². The lowest BCUT2D eigenvalue weighted by Gasteiger charge is -2.14. The Bertz CT molecular complexity index is 1040. The molecular formula is C17H16N4OS. The SMILES string of the molecule is CN(C)Cc1cc2n[nH]c(=O)n2c2cc(-c3ccsc3)ccc12. The molecule has 0 saturated heterocycles. The van der Waals surface area contributed by atoms with E-state index < -0.39 is 0 Å². The highest BCUT2D eigenvalue weighted by Gasteiger charge is 2.12. The van der Waals surface area contributed by atoms with Crippen LogP contribution in [-0.4, -0.2) is 33.6 Å². The topological polar surface area (TPSA) is 53.4 Å². The first-order valence-electron chi connectivity index (χ1n) is 7.33. The lowest BCUT2D eigenvalue weighted by molar-refractivity contribution is 0.404. The lowest BCUT2D eigenvalue weighted by Crippen LogP contribution is -2.14. The van der Waals surface area contributed by atoms with Gasteiger partial charge in [0, 0.05) is 11.9 Å². The van der Waals surface area contributed by atoms with Gasteiger partial charge in [0.05, 0.1) is 5.52 Å². The number of pyridine rings is 1. The van der Waals surface area contributed by atoms with Crippen molar-refractivity contribution in [3.8, 4) is 11.1 Å². The zero-order valence-electron chi connectivity index (χ0n) is 12.9. The van der Waals surface area contributed by atoms with Gasteiger partial charge in [0.2, 0.25) is 0 Å². The van der Waals surface area contributed by atoms with Crippen LogP contribution in [0.5, 0.6) is 0 Å². The predicted octanol–water partition coefficient (Wildman–Crippen LogP) is 2.97. The van der Waals surface area contributed by atoms with Crippen molar-refractivity contribution in [2.45, 2.75) is 6.54 Å². The van der Waals surface area contributed by atoms with Gasteiger partial charge in [0.1, 0.15) is 0 Å². The molecule has 0 fully saturated rings. The Morgan fingerprint density at radius 2 is 2.09 bits per heavy atom. The second kappa shape index (κ2) is 5.33. The van der Waals surface area contributed by atoms with E-state index in [1.54, 1.807) is 15.7 Å². The van der Waals surface area contributed by atoms with Crippen molar-refractivity contribution in [2.75, 3.05) is 14.1 Å². The minimum atomic E-state index is -0.205. The number of rotatable bonds is 3. The van der Waals surface area contributed by atoms with Crippen LogP contribution in [0.2, 0.25) is 0 Å². The average molecular weight is 324 g/mol. The third-order valence-corrected chi connectivity index (χ3v) is 4.61. The standard InChI is InChI=1S/C17H16N4OS/c1-20(2)9-13-8-16-18-19-17(22)21(16)15-7-11(3-4-14(13)15)12-5-6-23-10-12/h3-8,10H,9H2,1-2H3,(H,19,22). The number of nitrogens with zero attached hydrogens (tertiary/aromatic N) is 3. The van der Waals surface area contributed by atoms with Gasteiger partial charge in [0.25, 0.3) is 0 Å².